The molecule has 2 saturated heterocycles. The molecule has 2 atom stereocenters. The van der Waals surface area contributed by atoms with Crippen molar-refractivity contribution in [2.24, 2.45) is 0 Å². The van der Waals surface area contributed by atoms with Gasteiger partial charge in [-0.15, -0.1) is 0 Å². The molecule has 1 N–H and O–H groups in total. The van der Waals surface area contributed by atoms with Gasteiger partial charge in [-0.1, -0.05) is 0 Å². The Hall–Kier alpha value is -1.36. The zero-order valence-corrected chi connectivity index (χ0v) is 9.98. The Balaban J connectivity index is 1.76. The molecule has 17 heavy (non-hydrogen) atoms. The number of carbonyl (C=O) groups is 1. The lowest BCUT2D eigenvalue weighted by Crippen LogP contribution is -2.39. The summed E-state index contributed by atoms with van der Waals surface area (Å²) in [4.78, 5) is 18.1. The number of hydrogen-bond donors (Lipinski definition) is 1. The monoisotopic (exact) mass is 235 g/mol. The van der Waals surface area contributed by atoms with Gasteiger partial charge in [0, 0.05) is 25.2 Å². The molecule has 0 aliphatic carbocycles. The SMILES string of the molecule is Cc1ncoc1C(=O)N1CCC2CCC(C1)N2. The van der Waals surface area contributed by atoms with Gasteiger partial charge in [0.05, 0.1) is 5.69 Å². The van der Waals surface area contributed by atoms with E-state index in [2.05, 4.69) is 10.3 Å². The fourth-order valence-corrected chi connectivity index (χ4v) is 2.78. The molecule has 3 heterocycles. The molecule has 0 spiro atoms. The summed E-state index contributed by atoms with van der Waals surface area (Å²) in [6.07, 6.45) is 4.79. The van der Waals surface area contributed by atoms with E-state index in [1.54, 1.807) is 6.92 Å². The molecule has 2 aliphatic rings. The third-order valence-corrected chi connectivity index (χ3v) is 3.75. The van der Waals surface area contributed by atoms with Gasteiger partial charge in [0.15, 0.2) is 6.39 Å². The van der Waals surface area contributed by atoms with Gasteiger partial charge >= 0.3 is 0 Å². The number of aryl methyl sites for hydroxylation is 1. The predicted octanol–water partition coefficient (Wildman–Crippen LogP) is 0.950. The normalized spacial score (nSPS) is 28.2. The van der Waals surface area contributed by atoms with E-state index in [9.17, 15) is 4.79 Å². The molecule has 2 aliphatic heterocycles. The van der Waals surface area contributed by atoms with Crippen LogP contribution in [0.25, 0.3) is 0 Å². The van der Waals surface area contributed by atoms with E-state index in [4.69, 9.17) is 4.42 Å². The zero-order chi connectivity index (χ0) is 11.8. The Morgan fingerprint density at radius 2 is 2.29 bits per heavy atom. The largest absolute Gasteiger partial charge is 0.438 e. The van der Waals surface area contributed by atoms with Gasteiger partial charge in [0.25, 0.3) is 5.91 Å². The molecule has 1 aromatic heterocycles. The van der Waals surface area contributed by atoms with Crippen LogP contribution in [0, 0.1) is 6.92 Å². The summed E-state index contributed by atoms with van der Waals surface area (Å²) < 4.78 is 5.18. The van der Waals surface area contributed by atoms with Crippen molar-refractivity contribution in [3.8, 4) is 0 Å². The van der Waals surface area contributed by atoms with E-state index in [1.807, 2.05) is 4.90 Å². The van der Waals surface area contributed by atoms with Gasteiger partial charge < -0.3 is 14.6 Å². The first-order chi connectivity index (χ1) is 8.24. The average Bonchev–Trinajstić information content (AvgIpc) is 2.84. The van der Waals surface area contributed by atoms with Crippen LogP contribution < -0.4 is 5.32 Å². The highest BCUT2D eigenvalue weighted by Crippen LogP contribution is 2.22. The van der Waals surface area contributed by atoms with Crippen molar-refractivity contribution in [2.45, 2.75) is 38.3 Å². The Kier molecular flexibility index (Phi) is 2.63. The minimum Gasteiger partial charge on any atom is -0.438 e. The van der Waals surface area contributed by atoms with Crippen LogP contribution in [0.3, 0.4) is 0 Å². The Labute approximate surface area is 100 Å². The first-order valence-electron chi connectivity index (χ1n) is 6.19. The standard InChI is InChI=1S/C12H17N3O2/c1-8-11(17-7-13-8)12(16)15-5-4-9-2-3-10(6-15)14-9/h7,9-10,14H,2-6H2,1H3. The van der Waals surface area contributed by atoms with Gasteiger partial charge in [-0.05, 0) is 26.2 Å². The van der Waals surface area contributed by atoms with Crippen molar-refractivity contribution in [3.05, 3.63) is 17.8 Å². The number of amides is 1. The third-order valence-electron chi connectivity index (χ3n) is 3.75. The first kappa shape index (κ1) is 10.8. The van der Waals surface area contributed by atoms with Crippen LogP contribution in [0.15, 0.2) is 10.8 Å². The van der Waals surface area contributed by atoms with E-state index in [1.165, 1.54) is 19.2 Å². The molecule has 0 aromatic carbocycles. The lowest BCUT2D eigenvalue weighted by Gasteiger charge is -2.23. The second kappa shape index (κ2) is 4.14. The second-order valence-electron chi connectivity index (χ2n) is 4.94. The molecule has 5 nitrogen and oxygen atoms in total. The number of carbonyl (C=O) groups excluding carboxylic acids is 1. The molecule has 5 heteroatoms. The lowest BCUT2D eigenvalue weighted by molar-refractivity contribution is 0.0715. The number of aromatic nitrogens is 1. The van der Waals surface area contributed by atoms with Crippen molar-refractivity contribution < 1.29 is 9.21 Å². The van der Waals surface area contributed by atoms with Crippen LogP contribution >= 0.6 is 0 Å². The quantitative estimate of drug-likeness (QED) is 0.787. The lowest BCUT2D eigenvalue weighted by atomic mass is 10.1. The number of likely N-dealkylation sites (tertiary alicyclic amines) is 1. The van der Waals surface area contributed by atoms with Gasteiger partial charge in [0.2, 0.25) is 5.76 Å². The molecule has 0 saturated carbocycles. The van der Waals surface area contributed by atoms with Crippen LogP contribution in [-0.4, -0.2) is 41.0 Å². The summed E-state index contributed by atoms with van der Waals surface area (Å²) in [6, 6.07) is 1.04. The van der Waals surface area contributed by atoms with Crippen LogP contribution in [0.4, 0.5) is 0 Å². The van der Waals surface area contributed by atoms with E-state index in [0.29, 0.717) is 23.5 Å². The van der Waals surface area contributed by atoms with Crippen LogP contribution in [-0.2, 0) is 0 Å². The van der Waals surface area contributed by atoms with E-state index < -0.39 is 0 Å². The Morgan fingerprint density at radius 1 is 1.47 bits per heavy atom. The summed E-state index contributed by atoms with van der Waals surface area (Å²) in [7, 11) is 0. The summed E-state index contributed by atoms with van der Waals surface area (Å²) in [6.45, 7) is 3.40. The topological polar surface area (TPSA) is 58.4 Å². The molecule has 2 fully saturated rings. The van der Waals surface area contributed by atoms with Crippen LogP contribution in [0.5, 0.6) is 0 Å². The molecule has 0 radical (unpaired) electrons. The van der Waals surface area contributed by atoms with Crippen molar-refractivity contribution in [3.63, 3.8) is 0 Å². The molecule has 2 bridgehead atoms. The predicted molar refractivity (Wildman–Crippen MR) is 61.7 cm³/mol. The van der Waals surface area contributed by atoms with Crippen molar-refractivity contribution in [1.82, 2.24) is 15.2 Å². The van der Waals surface area contributed by atoms with Crippen LogP contribution in [0.2, 0.25) is 0 Å². The highest BCUT2D eigenvalue weighted by atomic mass is 16.3. The molecular formula is C12H17N3O2. The zero-order valence-electron chi connectivity index (χ0n) is 9.98. The maximum atomic E-state index is 12.3. The van der Waals surface area contributed by atoms with Gasteiger partial charge in [-0.3, -0.25) is 4.79 Å². The first-order valence-corrected chi connectivity index (χ1v) is 6.19. The smallest absolute Gasteiger partial charge is 0.291 e. The highest BCUT2D eigenvalue weighted by Gasteiger charge is 2.32. The molecule has 2 unspecified atom stereocenters. The molecule has 1 amide bonds. The van der Waals surface area contributed by atoms with Crippen molar-refractivity contribution in [2.75, 3.05) is 13.1 Å². The molecule has 3 rings (SSSR count). The second-order valence-corrected chi connectivity index (χ2v) is 4.94. The number of fused-ring (bicyclic) bond motifs is 2. The number of nitrogens with one attached hydrogen (secondary N) is 1. The summed E-state index contributed by atoms with van der Waals surface area (Å²) >= 11 is 0. The summed E-state index contributed by atoms with van der Waals surface area (Å²) in [5.41, 5.74) is 0.678. The van der Waals surface area contributed by atoms with Crippen molar-refractivity contribution >= 4 is 5.91 Å². The summed E-state index contributed by atoms with van der Waals surface area (Å²) in [5.74, 6) is 0.372. The van der Waals surface area contributed by atoms with E-state index in [0.717, 1.165) is 19.5 Å². The van der Waals surface area contributed by atoms with Gasteiger partial charge in [0.1, 0.15) is 0 Å². The van der Waals surface area contributed by atoms with Gasteiger partial charge in [-0.25, -0.2) is 4.98 Å². The fourth-order valence-electron chi connectivity index (χ4n) is 2.78. The number of hydrogen-bond acceptors (Lipinski definition) is 4. The summed E-state index contributed by atoms with van der Waals surface area (Å²) in [5, 5.41) is 3.56. The number of rotatable bonds is 1. The minimum atomic E-state index is -0.0191. The third kappa shape index (κ3) is 1.95. The van der Waals surface area contributed by atoms with Crippen LogP contribution in [0.1, 0.15) is 35.5 Å². The molecule has 1 aromatic rings. The van der Waals surface area contributed by atoms with Gasteiger partial charge in [-0.2, -0.15) is 0 Å². The number of oxazole rings is 1. The number of nitrogens with zero attached hydrogens (tertiary/aromatic N) is 2. The van der Waals surface area contributed by atoms with E-state index >= 15 is 0 Å². The minimum absolute atomic E-state index is 0.0191. The Morgan fingerprint density at radius 3 is 3.06 bits per heavy atom. The maximum Gasteiger partial charge on any atom is 0.291 e. The Bertz CT molecular complexity index is 429. The van der Waals surface area contributed by atoms with E-state index in [-0.39, 0.29) is 5.91 Å². The highest BCUT2D eigenvalue weighted by molar-refractivity contribution is 5.92. The maximum absolute atomic E-state index is 12.3. The average molecular weight is 235 g/mol. The fraction of sp³-hybridized carbons (Fsp3) is 0.667. The molecule has 92 valence electrons. The molecular weight excluding hydrogens is 218 g/mol. The van der Waals surface area contributed by atoms with Crippen molar-refractivity contribution in [1.29, 1.82) is 0 Å².